The van der Waals surface area contributed by atoms with Gasteiger partial charge in [-0.2, -0.15) is 0 Å². The van der Waals surface area contributed by atoms with Gasteiger partial charge in [0.05, 0.1) is 12.1 Å². The minimum Gasteiger partial charge on any atom is -0.377 e. The minimum atomic E-state index is -0.824. The zero-order chi connectivity index (χ0) is 18.3. The van der Waals surface area contributed by atoms with Gasteiger partial charge in [-0.3, -0.25) is 4.99 Å². The minimum absolute atomic E-state index is 0.170. The highest BCUT2D eigenvalue weighted by atomic mass is 19.2. The van der Waals surface area contributed by atoms with Gasteiger partial charge in [-0.1, -0.05) is 12.5 Å². The first kappa shape index (κ1) is 17.7. The van der Waals surface area contributed by atoms with Crippen molar-refractivity contribution < 1.29 is 13.5 Å². The summed E-state index contributed by atoms with van der Waals surface area (Å²) in [5, 5.41) is 6.99. The molecular formula is C20H27F2N3O. The van der Waals surface area contributed by atoms with Gasteiger partial charge < -0.3 is 15.4 Å². The summed E-state index contributed by atoms with van der Waals surface area (Å²) in [5.41, 5.74) is 0.964. The molecule has 3 aliphatic rings. The van der Waals surface area contributed by atoms with Crippen molar-refractivity contribution in [3.05, 3.63) is 35.4 Å². The molecule has 26 heavy (non-hydrogen) atoms. The third-order valence-electron chi connectivity index (χ3n) is 6.44. The molecule has 1 aromatic rings. The van der Waals surface area contributed by atoms with E-state index in [1.54, 1.807) is 6.07 Å². The highest BCUT2D eigenvalue weighted by Crippen LogP contribution is 2.62. The van der Waals surface area contributed by atoms with Crippen LogP contribution >= 0.6 is 0 Å². The van der Waals surface area contributed by atoms with Crippen LogP contribution in [0.5, 0.6) is 0 Å². The van der Waals surface area contributed by atoms with Crippen LogP contribution in [0.4, 0.5) is 8.78 Å². The average molecular weight is 363 g/mol. The van der Waals surface area contributed by atoms with E-state index in [9.17, 15) is 8.78 Å². The number of halogens is 2. The standard InChI is InChI=1S/C20H27F2N3O/c1-3-23-19(24-12(2)13-5-6-15(21)16(22)11-13)25-17-14-7-10-26-18(14)20(17)8-4-9-20/h5-6,11-12,14,17-18H,3-4,7-10H2,1-2H3,(H2,23,24,25). The van der Waals surface area contributed by atoms with Gasteiger partial charge in [0.2, 0.25) is 0 Å². The van der Waals surface area contributed by atoms with Crippen molar-refractivity contribution in [2.45, 2.75) is 57.7 Å². The SMILES string of the molecule is CCN=C(NC(C)c1ccc(F)c(F)c1)NC1C2CCOC2C12CCC2. The Morgan fingerprint density at radius 3 is 2.81 bits per heavy atom. The van der Waals surface area contributed by atoms with E-state index < -0.39 is 11.6 Å². The molecule has 0 bridgehead atoms. The fourth-order valence-electron chi connectivity index (χ4n) is 4.96. The molecule has 4 unspecified atom stereocenters. The lowest BCUT2D eigenvalue weighted by atomic mass is 9.46. The Morgan fingerprint density at radius 1 is 1.35 bits per heavy atom. The Balaban J connectivity index is 1.46. The van der Waals surface area contributed by atoms with E-state index in [1.807, 2.05) is 13.8 Å². The molecule has 1 spiro atoms. The molecule has 3 fully saturated rings. The summed E-state index contributed by atoms with van der Waals surface area (Å²) in [4.78, 5) is 4.58. The van der Waals surface area contributed by atoms with Crippen LogP contribution in [0.25, 0.3) is 0 Å². The van der Waals surface area contributed by atoms with Crippen molar-refractivity contribution in [3.63, 3.8) is 0 Å². The van der Waals surface area contributed by atoms with Crippen LogP contribution in [-0.2, 0) is 4.74 Å². The average Bonchev–Trinajstić information content (AvgIpc) is 2.99. The van der Waals surface area contributed by atoms with Gasteiger partial charge in [0, 0.05) is 30.5 Å². The Bertz CT molecular complexity index is 704. The number of nitrogens with zero attached hydrogens (tertiary/aromatic N) is 1. The normalized spacial score (nSPS) is 30.3. The van der Waals surface area contributed by atoms with Crippen molar-refractivity contribution in [1.82, 2.24) is 10.6 Å². The third kappa shape index (κ3) is 2.79. The number of guanidine groups is 1. The van der Waals surface area contributed by atoms with Crippen molar-refractivity contribution in [2.24, 2.45) is 16.3 Å². The Kier molecular flexibility index (Phi) is 4.63. The topological polar surface area (TPSA) is 45.7 Å². The summed E-state index contributed by atoms with van der Waals surface area (Å²) in [6, 6.07) is 4.24. The molecule has 4 atom stereocenters. The zero-order valence-corrected chi connectivity index (χ0v) is 15.4. The second-order valence-electron chi connectivity index (χ2n) is 7.82. The van der Waals surface area contributed by atoms with Crippen LogP contribution < -0.4 is 10.6 Å². The van der Waals surface area contributed by atoms with Crippen LogP contribution in [0.15, 0.2) is 23.2 Å². The summed E-state index contributed by atoms with van der Waals surface area (Å²) < 4.78 is 32.7. The third-order valence-corrected chi connectivity index (χ3v) is 6.44. The molecular weight excluding hydrogens is 336 g/mol. The van der Waals surface area contributed by atoms with Crippen LogP contribution in [0, 0.1) is 23.0 Å². The molecule has 6 heteroatoms. The lowest BCUT2D eigenvalue weighted by molar-refractivity contribution is -0.171. The van der Waals surface area contributed by atoms with E-state index in [-0.39, 0.29) is 11.5 Å². The van der Waals surface area contributed by atoms with Crippen molar-refractivity contribution in [2.75, 3.05) is 13.2 Å². The number of nitrogens with one attached hydrogen (secondary N) is 2. The van der Waals surface area contributed by atoms with Gasteiger partial charge in [0.25, 0.3) is 0 Å². The van der Waals surface area contributed by atoms with E-state index in [4.69, 9.17) is 4.74 Å². The molecule has 0 aromatic heterocycles. The van der Waals surface area contributed by atoms with Gasteiger partial charge >= 0.3 is 0 Å². The summed E-state index contributed by atoms with van der Waals surface area (Å²) in [6.45, 7) is 5.44. The van der Waals surface area contributed by atoms with E-state index in [0.717, 1.165) is 19.0 Å². The molecule has 1 heterocycles. The van der Waals surface area contributed by atoms with Crippen molar-refractivity contribution in [3.8, 4) is 0 Å². The maximum absolute atomic E-state index is 13.5. The smallest absolute Gasteiger partial charge is 0.191 e. The molecule has 1 saturated heterocycles. The second kappa shape index (κ2) is 6.80. The summed E-state index contributed by atoms with van der Waals surface area (Å²) in [5.74, 6) is -0.351. The van der Waals surface area contributed by atoms with Crippen LogP contribution in [0.3, 0.4) is 0 Å². The zero-order valence-electron chi connectivity index (χ0n) is 15.4. The number of hydrogen-bond acceptors (Lipinski definition) is 2. The molecule has 142 valence electrons. The first-order valence-electron chi connectivity index (χ1n) is 9.69. The maximum atomic E-state index is 13.5. The molecule has 2 aliphatic carbocycles. The maximum Gasteiger partial charge on any atom is 0.191 e. The molecule has 2 N–H and O–H groups in total. The van der Waals surface area contributed by atoms with Crippen molar-refractivity contribution in [1.29, 1.82) is 0 Å². The molecule has 0 radical (unpaired) electrons. The van der Waals surface area contributed by atoms with Gasteiger partial charge in [-0.15, -0.1) is 0 Å². The number of hydrogen-bond donors (Lipinski definition) is 2. The highest BCUT2D eigenvalue weighted by Gasteiger charge is 2.66. The highest BCUT2D eigenvalue weighted by molar-refractivity contribution is 5.81. The molecule has 2 saturated carbocycles. The second-order valence-corrected chi connectivity index (χ2v) is 7.82. The predicted molar refractivity (Wildman–Crippen MR) is 96.9 cm³/mol. The quantitative estimate of drug-likeness (QED) is 0.635. The van der Waals surface area contributed by atoms with Gasteiger partial charge in [-0.05, 0) is 50.8 Å². The molecule has 0 amide bonds. The fourth-order valence-corrected chi connectivity index (χ4v) is 4.96. The monoisotopic (exact) mass is 363 g/mol. The van der Waals surface area contributed by atoms with Crippen molar-refractivity contribution >= 4 is 5.96 Å². The Labute approximate surface area is 153 Å². The van der Waals surface area contributed by atoms with E-state index >= 15 is 0 Å². The Morgan fingerprint density at radius 2 is 2.15 bits per heavy atom. The first-order valence-corrected chi connectivity index (χ1v) is 9.69. The van der Waals surface area contributed by atoms with Crippen LogP contribution in [-0.4, -0.2) is 31.3 Å². The number of ether oxygens (including phenoxy) is 1. The number of fused-ring (bicyclic) bond motifs is 2. The number of aliphatic imine (C=N–C) groups is 1. The van der Waals surface area contributed by atoms with Crippen LogP contribution in [0.1, 0.15) is 51.1 Å². The molecule has 1 aliphatic heterocycles. The molecule has 4 nitrogen and oxygen atoms in total. The number of rotatable bonds is 4. The summed E-state index contributed by atoms with van der Waals surface area (Å²) in [6.07, 6.45) is 5.19. The lowest BCUT2D eigenvalue weighted by Crippen LogP contribution is -2.72. The van der Waals surface area contributed by atoms with Crippen LogP contribution in [0.2, 0.25) is 0 Å². The van der Waals surface area contributed by atoms with Gasteiger partial charge in [0.1, 0.15) is 0 Å². The predicted octanol–water partition coefficient (Wildman–Crippen LogP) is 3.54. The van der Waals surface area contributed by atoms with Gasteiger partial charge in [-0.25, -0.2) is 8.78 Å². The van der Waals surface area contributed by atoms with E-state index in [0.29, 0.717) is 30.2 Å². The molecule has 4 rings (SSSR count). The van der Waals surface area contributed by atoms with E-state index in [2.05, 4.69) is 15.6 Å². The largest absolute Gasteiger partial charge is 0.377 e. The Hall–Kier alpha value is -1.69. The summed E-state index contributed by atoms with van der Waals surface area (Å²) in [7, 11) is 0. The lowest BCUT2D eigenvalue weighted by Gasteiger charge is -2.63. The summed E-state index contributed by atoms with van der Waals surface area (Å²) >= 11 is 0. The first-order chi connectivity index (χ1) is 12.5. The number of benzene rings is 1. The fraction of sp³-hybridized carbons (Fsp3) is 0.650. The van der Waals surface area contributed by atoms with E-state index in [1.165, 1.54) is 31.4 Å². The van der Waals surface area contributed by atoms with Gasteiger partial charge in [0.15, 0.2) is 17.6 Å². The molecule has 1 aromatic carbocycles.